The standard InChI is InChI=1S/C52H32N2.2C44H28N2/c1-3-17-37-33(13-1)15-11-24-39(37)47-31-48-46(35-27-29-36(30-28-35)51-44-22-7-5-19-40(44)43-21-9-10-26-49(43)53-51)32-50(54-52(48)45-23-8-6-20-41(45)47)42-25-12-16-34-14-2-4-18-38(34)42;1-3-15-34-30(10-1)12-7-19-36(34)41-26-42-40(32-23-21-29(22-24-32)33-14-9-25-45-28-33)27-43(46-44(42)39-18-6-5-17-37(39)41)38-20-8-13-31-11-2-4-16-35(31)38;1-3-15-33-29(11-1)13-9-19-35(33)40-27-41-39(31-22-24-32(25-23-31)42-21-7-8-26-45-42)28-43(46-44(41)38-18-6-5-17-36(38)40)37-20-10-14-30-12-2-4-16-34(30)37/h1-32H;2*1-28H. The van der Waals surface area contributed by atoms with Crippen molar-refractivity contribution in [3.8, 4) is 134 Å². The second kappa shape index (κ2) is 36.7. The molecule has 0 saturated carbocycles. The average molecular weight is 1850 g/mol. The fraction of sp³-hybridized carbons (Fsp3) is 0. The Kier molecular flexibility index (Phi) is 21.5. The Bertz CT molecular complexity index is 9860. The van der Waals surface area contributed by atoms with Gasteiger partial charge in [-0.05, 0) is 225 Å². The Morgan fingerprint density at radius 3 is 0.774 bits per heavy atom. The predicted molar refractivity (Wildman–Crippen MR) is 616 cm³/mol. The van der Waals surface area contributed by atoms with Crippen LogP contribution in [0.5, 0.6) is 0 Å². The number of pyridine rings is 6. The molecular formula is C140H88N6. The van der Waals surface area contributed by atoms with Gasteiger partial charge in [0, 0.05) is 89.5 Å². The first-order valence-corrected chi connectivity index (χ1v) is 49.8. The molecule has 678 valence electrons. The number of fused-ring (bicyclic) bond motifs is 18. The average Bonchev–Trinajstić information content (AvgIpc) is 0.688. The minimum absolute atomic E-state index is 0.962. The maximum Gasteiger partial charge on any atom is 0.0794 e. The number of aromatic nitrogens is 6. The van der Waals surface area contributed by atoms with Gasteiger partial charge in [0.25, 0.3) is 0 Å². The number of nitrogens with zero attached hydrogens (tertiary/aromatic N) is 6. The number of hydrogen-bond donors (Lipinski definition) is 0. The zero-order chi connectivity index (χ0) is 96.5. The molecule has 6 heteroatoms. The van der Waals surface area contributed by atoms with E-state index in [4.69, 9.17) is 19.9 Å². The van der Waals surface area contributed by atoms with Crippen molar-refractivity contribution in [2.75, 3.05) is 0 Å². The summed E-state index contributed by atoms with van der Waals surface area (Å²) in [4.78, 5) is 30.6. The van der Waals surface area contributed by atoms with E-state index in [0.29, 0.717) is 0 Å². The topological polar surface area (TPSA) is 77.3 Å². The first kappa shape index (κ1) is 85.8. The van der Waals surface area contributed by atoms with E-state index in [2.05, 4.69) is 507 Å². The molecule has 0 spiro atoms. The van der Waals surface area contributed by atoms with Gasteiger partial charge in [0.05, 0.1) is 50.5 Å². The molecule has 146 heavy (non-hydrogen) atoms. The van der Waals surface area contributed by atoms with Crippen molar-refractivity contribution in [2.24, 2.45) is 0 Å². The molecule has 0 bridgehead atoms. The van der Waals surface area contributed by atoms with Gasteiger partial charge in [0.1, 0.15) is 0 Å². The maximum absolute atomic E-state index is 5.53. The summed E-state index contributed by atoms with van der Waals surface area (Å²) in [5.74, 6) is 0. The lowest BCUT2D eigenvalue weighted by Gasteiger charge is -2.17. The molecule has 0 saturated heterocycles. The summed E-state index contributed by atoms with van der Waals surface area (Å²) in [6, 6.07) is 185. The van der Waals surface area contributed by atoms with Crippen LogP contribution < -0.4 is 0 Å². The summed E-state index contributed by atoms with van der Waals surface area (Å²) in [7, 11) is 0. The van der Waals surface area contributed by atoms with Crippen LogP contribution in [0.3, 0.4) is 0 Å². The molecular weight excluding hydrogens is 1770 g/mol. The molecule has 0 radical (unpaired) electrons. The van der Waals surface area contributed by atoms with Gasteiger partial charge in [0.2, 0.25) is 0 Å². The molecule has 23 aromatic carbocycles. The summed E-state index contributed by atoms with van der Waals surface area (Å²) in [6.07, 6.45) is 5.57. The zero-order valence-corrected chi connectivity index (χ0v) is 79.5. The highest BCUT2D eigenvalue weighted by Gasteiger charge is 2.25. The second-order valence-corrected chi connectivity index (χ2v) is 37.6. The van der Waals surface area contributed by atoms with Crippen LogP contribution in [0.15, 0.2) is 534 Å². The fourth-order valence-corrected chi connectivity index (χ4v) is 22.3. The van der Waals surface area contributed by atoms with Gasteiger partial charge in [-0.15, -0.1) is 0 Å². The second-order valence-electron chi connectivity index (χ2n) is 37.6. The summed E-state index contributed by atoms with van der Waals surface area (Å²) in [5, 5.41) is 28.6. The molecule has 6 aromatic heterocycles. The molecule has 6 nitrogen and oxygen atoms in total. The third kappa shape index (κ3) is 15.4. The Hall–Kier alpha value is -19.4. The van der Waals surface area contributed by atoms with E-state index in [1.807, 2.05) is 36.8 Å². The van der Waals surface area contributed by atoms with Crippen molar-refractivity contribution in [1.82, 2.24) is 29.9 Å². The van der Waals surface area contributed by atoms with Crippen LogP contribution in [0, 0.1) is 0 Å². The van der Waals surface area contributed by atoms with Gasteiger partial charge in [0.15, 0.2) is 0 Å². The van der Waals surface area contributed by atoms with Crippen LogP contribution in [0.1, 0.15) is 0 Å². The Labute approximate surface area is 843 Å². The van der Waals surface area contributed by atoms with Gasteiger partial charge < -0.3 is 0 Å². The van der Waals surface area contributed by atoms with Crippen LogP contribution in [-0.4, -0.2) is 29.9 Å². The van der Waals surface area contributed by atoms with E-state index in [-0.39, 0.29) is 0 Å². The largest absolute Gasteiger partial charge is 0.264 e. The van der Waals surface area contributed by atoms with Gasteiger partial charge in [-0.1, -0.05) is 455 Å². The van der Waals surface area contributed by atoms with E-state index in [1.165, 1.54) is 125 Å². The quantitative estimate of drug-likeness (QED) is 0.113. The zero-order valence-electron chi connectivity index (χ0n) is 79.5. The van der Waals surface area contributed by atoms with Crippen LogP contribution in [0.25, 0.3) is 286 Å². The SMILES string of the molecule is c1ccc(-c2ccc(-c3cc(-c4cccc5ccccc45)nc4c3cc(-c3cccc5ccccc35)c3ccccc34)cc2)nc1.c1ccc2c(-c3cc(-c4ccc(-c5nc6ccccc6c6ccccc56)cc4)c4cc(-c5cccc6ccccc56)c5ccccc5c4n3)cccc2c1.c1cncc(-c2ccc(-c3cc(-c4cccc5ccccc45)nc4c3cc(-c3cccc5ccccc35)c3ccccc34)cc2)c1. The van der Waals surface area contributed by atoms with E-state index in [9.17, 15) is 0 Å². The van der Waals surface area contributed by atoms with Gasteiger partial charge in [-0.2, -0.15) is 0 Å². The van der Waals surface area contributed by atoms with Crippen LogP contribution in [-0.2, 0) is 0 Å². The summed E-state index contributed by atoms with van der Waals surface area (Å²) in [6.45, 7) is 0. The molecule has 29 rings (SSSR count). The minimum Gasteiger partial charge on any atom is -0.264 e. The summed E-state index contributed by atoms with van der Waals surface area (Å²) in [5.41, 5.74) is 30.9. The van der Waals surface area contributed by atoms with Crippen LogP contribution in [0.4, 0.5) is 0 Å². The summed E-state index contributed by atoms with van der Waals surface area (Å²) < 4.78 is 0. The van der Waals surface area contributed by atoms with Crippen molar-refractivity contribution in [3.63, 3.8) is 0 Å². The van der Waals surface area contributed by atoms with E-state index in [1.54, 1.807) is 0 Å². The van der Waals surface area contributed by atoms with E-state index < -0.39 is 0 Å². The molecule has 0 aliphatic rings. The Morgan fingerprint density at radius 1 is 0.130 bits per heavy atom. The molecule has 0 fully saturated rings. The Morgan fingerprint density at radius 2 is 0.418 bits per heavy atom. The molecule has 0 aliphatic carbocycles. The lowest BCUT2D eigenvalue weighted by atomic mass is 9.89. The number of rotatable bonds is 12. The predicted octanol–water partition coefficient (Wildman–Crippen LogP) is 37.6. The molecule has 0 aliphatic heterocycles. The first-order valence-electron chi connectivity index (χ1n) is 49.8. The maximum atomic E-state index is 5.53. The monoisotopic (exact) mass is 1850 g/mol. The van der Waals surface area contributed by atoms with Gasteiger partial charge >= 0.3 is 0 Å². The molecule has 0 N–H and O–H groups in total. The number of benzene rings is 23. The minimum atomic E-state index is 0.962. The Balaban J connectivity index is 0.000000109. The van der Waals surface area contributed by atoms with Crippen LogP contribution in [0.2, 0.25) is 0 Å². The van der Waals surface area contributed by atoms with Crippen molar-refractivity contribution in [2.45, 2.75) is 0 Å². The number of para-hydroxylation sites is 1. The van der Waals surface area contributed by atoms with Crippen molar-refractivity contribution in [1.29, 1.82) is 0 Å². The van der Waals surface area contributed by atoms with E-state index in [0.717, 1.165) is 161 Å². The van der Waals surface area contributed by atoms with Crippen molar-refractivity contribution < 1.29 is 0 Å². The summed E-state index contributed by atoms with van der Waals surface area (Å²) >= 11 is 0. The van der Waals surface area contributed by atoms with Gasteiger partial charge in [-0.25, -0.2) is 19.9 Å². The highest BCUT2D eigenvalue weighted by Crippen LogP contribution is 2.50. The van der Waals surface area contributed by atoms with Crippen molar-refractivity contribution in [3.05, 3.63) is 534 Å². The van der Waals surface area contributed by atoms with Crippen LogP contribution >= 0.6 is 0 Å². The van der Waals surface area contributed by atoms with E-state index >= 15 is 0 Å². The molecule has 6 heterocycles. The molecule has 0 unspecified atom stereocenters. The fourth-order valence-electron chi connectivity index (χ4n) is 22.3. The molecule has 0 amide bonds. The first-order chi connectivity index (χ1) is 72.4. The molecule has 29 aromatic rings. The lowest BCUT2D eigenvalue weighted by Crippen LogP contribution is -1.94. The normalized spacial score (nSPS) is 11.6. The number of hydrogen-bond acceptors (Lipinski definition) is 6. The smallest absolute Gasteiger partial charge is 0.0794 e. The lowest BCUT2D eigenvalue weighted by molar-refractivity contribution is 1.33. The third-order valence-electron chi connectivity index (χ3n) is 29.3. The third-order valence-corrected chi connectivity index (χ3v) is 29.3. The molecule has 0 atom stereocenters. The van der Waals surface area contributed by atoms with Crippen molar-refractivity contribution >= 4 is 151 Å². The highest BCUT2D eigenvalue weighted by molar-refractivity contribution is 6.23. The van der Waals surface area contributed by atoms with Gasteiger partial charge in [-0.3, -0.25) is 9.97 Å². The highest BCUT2D eigenvalue weighted by atomic mass is 14.7.